The first-order valence-corrected chi connectivity index (χ1v) is 16.4. The molecule has 0 aromatic carbocycles. The molecule has 45 heavy (non-hydrogen) atoms. The molecule has 3 saturated heterocycles. The van der Waals surface area contributed by atoms with E-state index in [4.69, 9.17) is 23.7 Å². The van der Waals surface area contributed by atoms with Gasteiger partial charge < -0.3 is 39.0 Å². The molecule has 1 spiro atoms. The van der Waals surface area contributed by atoms with Crippen LogP contribution in [0.15, 0.2) is 0 Å². The van der Waals surface area contributed by atoms with Gasteiger partial charge in [-0.25, -0.2) is 4.79 Å². The molecule has 8 fully saturated rings. The van der Waals surface area contributed by atoms with Gasteiger partial charge >= 0.3 is 17.9 Å². The average Bonchev–Trinajstić information content (AvgIpc) is 3.84. The molecule has 0 bridgehead atoms. The molecule has 5 saturated carbocycles. The Hall–Kier alpha value is -2.12. The third-order valence-electron chi connectivity index (χ3n) is 14.8. The molecule has 0 unspecified atom stereocenters. The van der Waals surface area contributed by atoms with E-state index in [2.05, 4.69) is 0 Å². The Balaban J connectivity index is 1.34. The van der Waals surface area contributed by atoms with Gasteiger partial charge in [0.25, 0.3) is 0 Å². The SMILES string of the molecule is CC(=O)O[C@H]1[C@@H](C)[C@H]2[C@@H](C(=O)[C@H](O)[C@H]3C[C@@H]4O[C@@H]4[C@H](OC(C)=O)[C@]23C)[C@@H]2[C@@H](O)[C@@H]3[C@H]([C@H](C)[C@H]4O[C@]45OC(=O)[C@@](C)(O)[C@]35C)[C@]21C. The number of aliphatic hydroxyl groups excluding tert-OH is 2. The van der Waals surface area contributed by atoms with Crippen LogP contribution in [0.25, 0.3) is 0 Å². The summed E-state index contributed by atoms with van der Waals surface area (Å²) in [5.41, 5.74) is -5.43. The first-order chi connectivity index (χ1) is 20.8. The molecule has 248 valence electrons. The summed E-state index contributed by atoms with van der Waals surface area (Å²) in [4.78, 5) is 53.1. The van der Waals surface area contributed by atoms with E-state index >= 15 is 0 Å². The predicted molar refractivity (Wildman–Crippen MR) is 149 cm³/mol. The van der Waals surface area contributed by atoms with Crippen molar-refractivity contribution in [1.82, 2.24) is 0 Å². The number of ketones is 1. The Bertz CT molecular complexity index is 1430. The second kappa shape index (κ2) is 8.47. The highest BCUT2D eigenvalue weighted by Crippen LogP contribution is 2.80. The van der Waals surface area contributed by atoms with E-state index in [0.717, 1.165) is 0 Å². The molecule has 0 aromatic rings. The first-order valence-electron chi connectivity index (χ1n) is 16.4. The maximum Gasteiger partial charge on any atom is 0.341 e. The highest BCUT2D eigenvalue weighted by Gasteiger charge is 2.92. The second-order valence-electron chi connectivity index (χ2n) is 16.3. The highest BCUT2D eigenvalue weighted by atomic mass is 16.8. The zero-order valence-corrected chi connectivity index (χ0v) is 26.9. The monoisotopic (exact) mass is 632 g/mol. The number of epoxide rings is 2. The van der Waals surface area contributed by atoms with E-state index in [0.29, 0.717) is 6.42 Å². The van der Waals surface area contributed by atoms with E-state index in [1.54, 1.807) is 6.92 Å². The average molecular weight is 633 g/mol. The molecule has 0 radical (unpaired) electrons. The molecule has 0 aromatic heterocycles. The molecular weight excluding hydrogens is 588 g/mol. The van der Waals surface area contributed by atoms with Crippen LogP contribution >= 0.6 is 0 Å². The summed E-state index contributed by atoms with van der Waals surface area (Å²) < 4.78 is 30.1. The molecule has 8 aliphatic rings. The van der Waals surface area contributed by atoms with Crippen LogP contribution in [0.1, 0.15) is 61.8 Å². The van der Waals surface area contributed by atoms with Crippen LogP contribution in [0, 0.1) is 63.6 Å². The van der Waals surface area contributed by atoms with Crippen molar-refractivity contribution in [1.29, 1.82) is 0 Å². The van der Waals surface area contributed by atoms with Crippen LogP contribution in [0.5, 0.6) is 0 Å². The van der Waals surface area contributed by atoms with E-state index in [-0.39, 0.29) is 18.1 Å². The van der Waals surface area contributed by atoms with Gasteiger partial charge in [-0.1, -0.05) is 27.7 Å². The van der Waals surface area contributed by atoms with Gasteiger partial charge in [0.15, 0.2) is 11.4 Å². The summed E-state index contributed by atoms with van der Waals surface area (Å²) in [5.74, 6) is -8.66. The van der Waals surface area contributed by atoms with Crippen LogP contribution in [-0.2, 0) is 42.9 Å². The zero-order chi connectivity index (χ0) is 32.7. The number of Topliss-reactive ketones (excluding diaryl/α,β-unsaturated/α-hetero) is 1. The van der Waals surface area contributed by atoms with E-state index < -0.39 is 123 Å². The third-order valence-corrected chi connectivity index (χ3v) is 14.8. The largest absolute Gasteiger partial charge is 0.462 e. The Morgan fingerprint density at radius 2 is 1.49 bits per heavy atom. The number of esters is 3. The molecule has 8 rings (SSSR count). The van der Waals surface area contributed by atoms with Crippen molar-refractivity contribution in [2.75, 3.05) is 0 Å². The van der Waals surface area contributed by atoms with Crippen molar-refractivity contribution in [2.24, 2.45) is 63.6 Å². The van der Waals surface area contributed by atoms with E-state index in [9.17, 15) is 34.5 Å². The summed E-state index contributed by atoms with van der Waals surface area (Å²) in [6.07, 6.45) is -5.03. The topological polar surface area (TPSA) is 182 Å². The Kier molecular flexibility index (Phi) is 5.69. The Labute approximate surface area is 261 Å². The fourth-order valence-electron chi connectivity index (χ4n) is 13.1. The smallest absolute Gasteiger partial charge is 0.341 e. The van der Waals surface area contributed by atoms with Crippen molar-refractivity contribution in [3.8, 4) is 0 Å². The van der Waals surface area contributed by atoms with Gasteiger partial charge in [0.1, 0.15) is 30.5 Å². The van der Waals surface area contributed by atoms with Crippen LogP contribution in [0.3, 0.4) is 0 Å². The molecule has 3 N–H and O–H groups in total. The summed E-state index contributed by atoms with van der Waals surface area (Å²) >= 11 is 0. The van der Waals surface area contributed by atoms with Gasteiger partial charge in [0, 0.05) is 48.3 Å². The lowest BCUT2D eigenvalue weighted by molar-refractivity contribution is -0.246. The zero-order valence-electron chi connectivity index (χ0n) is 26.9. The van der Waals surface area contributed by atoms with Gasteiger partial charge in [0.05, 0.1) is 17.6 Å². The lowest BCUT2D eigenvalue weighted by atomic mass is 9.39. The lowest BCUT2D eigenvalue weighted by Gasteiger charge is -2.65. The van der Waals surface area contributed by atoms with Gasteiger partial charge in [0.2, 0.25) is 5.79 Å². The molecule has 3 heterocycles. The normalized spacial score (nSPS) is 63.0. The van der Waals surface area contributed by atoms with Crippen molar-refractivity contribution in [3.05, 3.63) is 0 Å². The fraction of sp³-hybridized carbons (Fsp3) is 0.879. The quantitative estimate of drug-likeness (QED) is 0.221. The van der Waals surface area contributed by atoms with Crippen LogP contribution in [0.2, 0.25) is 0 Å². The van der Waals surface area contributed by atoms with E-state index in [1.165, 1.54) is 20.8 Å². The van der Waals surface area contributed by atoms with Gasteiger partial charge in [-0.05, 0) is 43.9 Å². The Morgan fingerprint density at radius 3 is 2.11 bits per heavy atom. The number of hydrogen-bond acceptors (Lipinski definition) is 12. The summed E-state index contributed by atoms with van der Waals surface area (Å²) in [6.45, 7) is 13.5. The van der Waals surface area contributed by atoms with E-state index in [1.807, 2.05) is 27.7 Å². The van der Waals surface area contributed by atoms with Crippen LogP contribution in [0.4, 0.5) is 0 Å². The number of carbonyl (C=O) groups excluding carboxylic acids is 4. The molecule has 12 nitrogen and oxygen atoms in total. The number of aliphatic hydroxyl groups is 3. The van der Waals surface area contributed by atoms with Crippen molar-refractivity contribution >= 4 is 23.7 Å². The summed E-state index contributed by atoms with van der Waals surface area (Å²) in [6, 6.07) is 0. The lowest BCUT2D eigenvalue weighted by Crippen LogP contribution is -2.72. The molecule has 5 aliphatic carbocycles. The third kappa shape index (κ3) is 3.05. The maximum absolute atomic E-state index is 14.6. The summed E-state index contributed by atoms with van der Waals surface area (Å²) in [5, 5.41) is 36.3. The minimum absolute atomic E-state index is 0.245. The minimum atomic E-state index is -2.02. The minimum Gasteiger partial charge on any atom is -0.462 e. The molecule has 3 aliphatic heterocycles. The molecule has 20 atom stereocenters. The van der Waals surface area contributed by atoms with Crippen molar-refractivity contribution in [3.63, 3.8) is 0 Å². The first kappa shape index (κ1) is 30.2. The number of rotatable bonds is 2. The maximum atomic E-state index is 14.6. The molecular formula is C33H44O12. The number of fused-ring (bicyclic) bond motifs is 9. The number of carbonyl (C=O) groups is 4. The predicted octanol–water partition coefficient (Wildman–Crippen LogP) is 0.757. The Morgan fingerprint density at radius 1 is 0.867 bits per heavy atom. The van der Waals surface area contributed by atoms with Gasteiger partial charge in [-0.3, -0.25) is 14.4 Å². The second-order valence-corrected chi connectivity index (χ2v) is 16.3. The fourth-order valence-corrected chi connectivity index (χ4v) is 13.1. The standard InChI is InChI=1S/C33H44O12/c1-10-17-16(22(37)21(36)14-9-15-24(43-15)27(29(14,17)5)42-13(4)35)19-23(38)20-18(30(19,6)25(10)41-12(3)34)11(2)26-33(44-26)31(20,7)32(8,40)28(39)45-33/h10-11,14-21,23-27,36,38,40H,9H2,1-8H3/t10-,11-,14+,15-,16+,17-,18-,19+,20-,21+,23+,24-,25-,26+,27-,29-,30+,31-,32+,33-/m0/s1. The highest BCUT2D eigenvalue weighted by molar-refractivity contribution is 5.88. The van der Waals surface area contributed by atoms with Gasteiger partial charge in [-0.2, -0.15) is 0 Å². The summed E-state index contributed by atoms with van der Waals surface area (Å²) in [7, 11) is 0. The van der Waals surface area contributed by atoms with Gasteiger partial charge in [-0.15, -0.1) is 0 Å². The molecule has 0 amide bonds. The van der Waals surface area contributed by atoms with Crippen molar-refractivity contribution in [2.45, 2.75) is 116 Å². The van der Waals surface area contributed by atoms with Crippen LogP contribution in [-0.4, -0.2) is 93.1 Å². The molecule has 12 heteroatoms. The van der Waals surface area contributed by atoms with Crippen LogP contribution < -0.4 is 0 Å². The number of hydrogen-bond donors (Lipinski definition) is 3. The number of ether oxygens (including phenoxy) is 5. The van der Waals surface area contributed by atoms with Crippen molar-refractivity contribution < 1.29 is 58.2 Å².